The highest BCUT2D eigenvalue weighted by molar-refractivity contribution is 14.0. The number of fused-ring (bicyclic) bond motifs is 1. The van der Waals surface area contributed by atoms with Crippen LogP contribution in [-0.2, 0) is 27.8 Å². The normalized spacial score (nSPS) is 11.9. The summed E-state index contributed by atoms with van der Waals surface area (Å²) in [6, 6.07) is 16.7. The van der Waals surface area contributed by atoms with Gasteiger partial charge in [-0.25, -0.2) is 13.1 Å². The van der Waals surface area contributed by atoms with Gasteiger partial charge in [-0.1, -0.05) is 30.3 Å². The van der Waals surface area contributed by atoms with Crippen molar-refractivity contribution in [2.75, 3.05) is 34.4 Å². The Hall–Kier alpha value is -2.15. The lowest BCUT2D eigenvalue weighted by Crippen LogP contribution is -2.38. The summed E-state index contributed by atoms with van der Waals surface area (Å²) in [6.45, 7) is 1.51. The molecular formula is C22H29IN4O4S. The predicted molar refractivity (Wildman–Crippen MR) is 137 cm³/mol. The van der Waals surface area contributed by atoms with Crippen molar-refractivity contribution < 1.29 is 17.6 Å². The van der Waals surface area contributed by atoms with Crippen molar-refractivity contribution in [2.24, 2.45) is 4.99 Å². The second-order valence-corrected chi connectivity index (χ2v) is 8.81. The first-order valence-corrected chi connectivity index (χ1v) is 11.4. The molecule has 3 aromatic rings. The van der Waals surface area contributed by atoms with Gasteiger partial charge in [0.15, 0.2) is 5.96 Å². The van der Waals surface area contributed by atoms with Gasteiger partial charge in [-0.05, 0) is 29.8 Å². The van der Waals surface area contributed by atoms with E-state index in [0.29, 0.717) is 25.7 Å². The van der Waals surface area contributed by atoms with Crippen molar-refractivity contribution in [1.29, 1.82) is 0 Å². The van der Waals surface area contributed by atoms with Crippen molar-refractivity contribution in [3.8, 4) is 0 Å². The average molecular weight is 572 g/mol. The van der Waals surface area contributed by atoms with Crippen LogP contribution in [0.3, 0.4) is 0 Å². The summed E-state index contributed by atoms with van der Waals surface area (Å²) in [6.07, 6.45) is 0. The Labute approximate surface area is 206 Å². The van der Waals surface area contributed by atoms with Crippen LogP contribution in [0.5, 0.6) is 0 Å². The van der Waals surface area contributed by atoms with Crippen molar-refractivity contribution >= 4 is 50.9 Å². The number of rotatable bonds is 9. The van der Waals surface area contributed by atoms with Crippen LogP contribution in [0.25, 0.3) is 11.0 Å². The molecule has 0 unspecified atom stereocenters. The molecule has 2 aromatic carbocycles. The third kappa shape index (κ3) is 6.92. The van der Waals surface area contributed by atoms with Gasteiger partial charge in [0, 0.05) is 39.7 Å². The van der Waals surface area contributed by atoms with E-state index in [-0.39, 0.29) is 35.4 Å². The fraction of sp³-hybridized carbons (Fsp3) is 0.318. The van der Waals surface area contributed by atoms with Crippen LogP contribution in [0.4, 0.5) is 0 Å². The van der Waals surface area contributed by atoms with Gasteiger partial charge in [0.05, 0.1) is 18.0 Å². The number of nitrogens with zero attached hydrogens (tertiary/aromatic N) is 2. The molecule has 1 aromatic heterocycles. The van der Waals surface area contributed by atoms with Gasteiger partial charge in [0.1, 0.15) is 11.3 Å². The lowest BCUT2D eigenvalue weighted by atomic mass is 10.2. The Morgan fingerprint density at radius 1 is 1.16 bits per heavy atom. The first kappa shape index (κ1) is 26.1. The van der Waals surface area contributed by atoms with Crippen LogP contribution in [0, 0.1) is 0 Å². The lowest BCUT2D eigenvalue weighted by molar-refractivity contribution is 0.204. The Morgan fingerprint density at radius 2 is 1.94 bits per heavy atom. The number of methoxy groups -OCH3 is 1. The molecule has 0 saturated heterocycles. The highest BCUT2D eigenvalue weighted by Crippen LogP contribution is 2.19. The van der Waals surface area contributed by atoms with Gasteiger partial charge in [0.25, 0.3) is 0 Å². The fourth-order valence-electron chi connectivity index (χ4n) is 3.17. The Bertz CT molecular complexity index is 1110. The highest BCUT2D eigenvalue weighted by atomic mass is 127. The molecule has 0 fully saturated rings. The zero-order chi connectivity index (χ0) is 22.3. The molecule has 0 amide bonds. The molecule has 0 aliphatic carbocycles. The first-order valence-electron chi connectivity index (χ1n) is 9.89. The third-order valence-electron chi connectivity index (χ3n) is 4.70. The van der Waals surface area contributed by atoms with Gasteiger partial charge >= 0.3 is 0 Å². The maximum absolute atomic E-state index is 12.4. The Morgan fingerprint density at radius 3 is 2.66 bits per heavy atom. The van der Waals surface area contributed by atoms with Gasteiger partial charge in [-0.2, -0.15) is 0 Å². The van der Waals surface area contributed by atoms with Crippen LogP contribution in [0.2, 0.25) is 0 Å². The maximum atomic E-state index is 12.4. The Kier molecular flexibility index (Phi) is 9.94. The molecule has 32 heavy (non-hydrogen) atoms. The van der Waals surface area contributed by atoms with Crippen LogP contribution < -0.4 is 10.0 Å². The molecule has 0 aliphatic heterocycles. The third-order valence-corrected chi connectivity index (χ3v) is 6.16. The van der Waals surface area contributed by atoms with Crippen molar-refractivity contribution in [1.82, 2.24) is 14.9 Å². The van der Waals surface area contributed by atoms with Crippen LogP contribution >= 0.6 is 24.0 Å². The van der Waals surface area contributed by atoms with E-state index >= 15 is 0 Å². The van der Waals surface area contributed by atoms with Gasteiger partial charge in [-0.15, -0.1) is 24.0 Å². The van der Waals surface area contributed by atoms with Crippen molar-refractivity contribution in [2.45, 2.75) is 18.0 Å². The summed E-state index contributed by atoms with van der Waals surface area (Å²) in [5.41, 5.74) is 1.68. The van der Waals surface area contributed by atoms with E-state index in [9.17, 15) is 8.42 Å². The van der Waals surface area contributed by atoms with E-state index in [4.69, 9.17) is 9.15 Å². The first-order chi connectivity index (χ1) is 14.9. The zero-order valence-corrected chi connectivity index (χ0v) is 21.5. The number of sulfonamides is 1. The summed E-state index contributed by atoms with van der Waals surface area (Å²) in [7, 11) is 1.57. The van der Waals surface area contributed by atoms with Gasteiger partial charge in [0.2, 0.25) is 10.0 Å². The van der Waals surface area contributed by atoms with E-state index in [1.54, 1.807) is 25.2 Å². The minimum Gasteiger partial charge on any atom is -0.459 e. The molecular weight excluding hydrogens is 543 g/mol. The summed E-state index contributed by atoms with van der Waals surface area (Å²) >= 11 is 0. The Balaban J connectivity index is 0.00000363. The zero-order valence-electron chi connectivity index (χ0n) is 18.4. The number of halogens is 1. The summed E-state index contributed by atoms with van der Waals surface area (Å²) in [5.74, 6) is 1.51. The highest BCUT2D eigenvalue weighted by Gasteiger charge is 2.14. The average Bonchev–Trinajstić information content (AvgIpc) is 3.16. The van der Waals surface area contributed by atoms with E-state index in [0.717, 1.165) is 22.3 Å². The molecule has 0 atom stereocenters. The molecule has 8 nitrogen and oxygen atoms in total. The van der Waals surface area contributed by atoms with Gasteiger partial charge < -0.3 is 19.4 Å². The van der Waals surface area contributed by atoms with E-state index < -0.39 is 10.0 Å². The second kappa shape index (κ2) is 12.2. The number of nitrogens with one attached hydrogen (secondary N) is 2. The molecule has 1 heterocycles. The smallest absolute Gasteiger partial charge is 0.240 e. The summed E-state index contributed by atoms with van der Waals surface area (Å²) in [4.78, 5) is 6.48. The number of benzene rings is 2. The molecule has 0 bridgehead atoms. The largest absolute Gasteiger partial charge is 0.459 e. The van der Waals surface area contributed by atoms with Gasteiger partial charge in [-0.3, -0.25) is 4.99 Å². The molecule has 174 valence electrons. The maximum Gasteiger partial charge on any atom is 0.240 e. The minimum absolute atomic E-state index is 0. The second-order valence-electron chi connectivity index (χ2n) is 7.05. The number of hydrogen-bond donors (Lipinski definition) is 2. The number of para-hydroxylation sites is 1. The number of ether oxygens (including phenoxy) is 1. The molecule has 0 radical (unpaired) electrons. The molecule has 2 N–H and O–H groups in total. The minimum atomic E-state index is -3.58. The molecule has 0 spiro atoms. The lowest BCUT2D eigenvalue weighted by Gasteiger charge is -2.21. The molecule has 0 aliphatic rings. The predicted octanol–water partition coefficient (Wildman–Crippen LogP) is 3.18. The summed E-state index contributed by atoms with van der Waals surface area (Å²) < 4.78 is 38.1. The number of furan rings is 1. The number of hydrogen-bond acceptors (Lipinski definition) is 5. The summed E-state index contributed by atoms with van der Waals surface area (Å²) in [5, 5.41) is 4.33. The number of aliphatic imine (C=N–C) groups is 1. The standard InChI is InChI=1S/C22H28N4O4S.HI/c1-23-22(26(2)16-19-14-18-8-4-5-10-21(18)30-19)24-15-17-7-6-9-20(13-17)31(27,28)25-11-12-29-3;/h4-10,13-14,25H,11-12,15-16H2,1-3H3,(H,23,24);1H. The fourth-order valence-corrected chi connectivity index (χ4v) is 4.26. The number of guanidine groups is 1. The van der Waals surface area contributed by atoms with E-state index in [1.165, 1.54) is 7.11 Å². The van der Waals surface area contributed by atoms with Crippen LogP contribution in [0.15, 0.2) is 68.9 Å². The molecule has 0 saturated carbocycles. The molecule has 10 heteroatoms. The molecule has 3 rings (SSSR count). The van der Waals surface area contributed by atoms with Crippen LogP contribution in [0.1, 0.15) is 11.3 Å². The van der Waals surface area contributed by atoms with E-state index in [1.807, 2.05) is 48.3 Å². The van der Waals surface area contributed by atoms with Crippen LogP contribution in [-0.4, -0.2) is 53.6 Å². The monoisotopic (exact) mass is 572 g/mol. The van der Waals surface area contributed by atoms with Crippen molar-refractivity contribution in [3.63, 3.8) is 0 Å². The SMILES string of the molecule is CN=C(NCc1cccc(S(=O)(=O)NCCOC)c1)N(C)Cc1cc2ccccc2o1.I. The van der Waals surface area contributed by atoms with E-state index in [2.05, 4.69) is 15.0 Å². The topological polar surface area (TPSA) is 96.2 Å². The quantitative estimate of drug-likeness (QED) is 0.177. The van der Waals surface area contributed by atoms with Crippen molar-refractivity contribution in [3.05, 3.63) is 65.9 Å².